The third kappa shape index (κ3) is 4.44. The van der Waals surface area contributed by atoms with E-state index in [1.54, 1.807) is 23.4 Å². The Kier molecular flexibility index (Phi) is 6.02. The van der Waals surface area contributed by atoms with Gasteiger partial charge < -0.3 is 4.74 Å². The van der Waals surface area contributed by atoms with Crippen LogP contribution < -0.4 is 9.61 Å². The van der Waals surface area contributed by atoms with E-state index in [9.17, 15) is 4.79 Å². The van der Waals surface area contributed by atoms with Gasteiger partial charge in [-0.25, -0.2) is 0 Å². The molecule has 2 heterocycles. The van der Waals surface area contributed by atoms with Crippen molar-refractivity contribution in [2.24, 2.45) is 0 Å². The maximum absolute atomic E-state index is 12.7. The number of hydrogen-bond acceptors (Lipinski definition) is 6. The lowest BCUT2D eigenvalue weighted by Gasteiger charge is -2.12. The molecule has 0 N–H and O–H groups in total. The Morgan fingerprint density at radius 2 is 1.73 bits per heavy atom. The van der Waals surface area contributed by atoms with E-state index in [0.717, 1.165) is 32.6 Å². The first kappa shape index (κ1) is 21.5. The van der Waals surface area contributed by atoms with Crippen molar-refractivity contribution >= 4 is 33.3 Å². The molecule has 33 heavy (non-hydrogen) atoms. The first-order valence-corrected chi connectivity index (χ1v) is 12.3. The maximum atomic E-state index is 12.7. The van der Waals surface area contributed by atoms with E-state index in [1.165, 1.54) is 22.5 Å². The van der Waals surface area contributed by atoms with Gasteiger partial charge in [-0.05, 0) is 48.9 Å². The lowest BCUT2D eigenvalue weighted by Crippen LogP contribution is -2.16. The van der Waals surface area contributed by atoms with E-state index < -0.39 is 0 Å². The number of thiazole rings is 1. The lowest BCUT2D eigenvalue weighted by atomic mass is 10.2. The molecule has 0 bridgehead atoms. The number of benzene rings is 3. The van der Waals surface area contributed by atoms with Crippen LogP contribution in [0.5, 0.6) is 5.75 Å². The minimum atomic E-state index is -0.00524. The van der Waals surface area contributed by atoms with E-state index in [2.05, 4.69) is 41.4 Å². The molecule has 166 valence electrons. The normalized spacial score (nSPS) is 11.2. The van der Waals surface area contributed by atoms with Gasteiger partial charge in [0.15, 0.2) is 11.0 Å². The summed E-state index contributed by atoms with van der Waals surface area (Å²) in [5, 5.41) is 9.76. The van der Waals surface area contributed by atoms with Crippen LogP contribution in [0.3, 0.4) is 0 Å². The average Bonchev–Trinajstić information content (AvgIpc) is 3.39. The topological polar surface area (TPSA) is 61.9 Å². The summed E-state index contributed by atoms with van der Waals surface area (Å²) in [6, 6.07) is 24.1. The lowest BCUT2D eigenvalue weighted by molar-refractivity contribution is 0.414. The average molecular weight is 475 g/mol. The summed E-state index contributed by atoms with van der Waals surface area (Å²) in [6.45, 7) is 2.42. The van der Waals surface area contributed by atoms with E-state index in [0.29, 0.717) is 12.4 Å². The SMILES string of the molecule is COc1ccc(-n2c(Cn3c(=O)sc4ccccc43)nnc2SCc2ccc(C)cc2)cc1. The van der Waals surface area contributed by atoms with Gasteiger partial charge in [-0.3, -0.25) is 13.9 Å². The fraction of sp³-hybridized carbons (Fsp3) is 0.160. The number of para-hydroxylation sites is 1. The zero-order valence-electron chi connectivity index (χ0n) is 18.3. The number of rotatable bonds is 7. The highest BCUT2D eigenvalue weighted by Crippen LogP contribution is 2.27. The number of aryl methyl sites for hydroxylation is 1. The summed E-state index contributed by atoms with van der Waals surface area (Å²) in [6.07, 6.45) is 0. The molecule has 0 aliphatic heterocycles. The summed E-state index contributed by atoms with van der Waals surface area (Å²) in [5.74, 6) is 2.26. The van der Waals surface area contributed by atoms with Crippen molar-refractivity contribution in [3.63, 3.8) is 0 Å². The van der Waals surface area contributed by atoms with Crippen LogP contribution >= 0.6 is 23.1 Å². The summed E-state index contributed by atoms with van der Waals surface area (Å²) < 4.78 is 10.1. The zero-order chi connectivity index (χ0) is 22.8. The number of hydrogen-bond donors (Lipinski definition) is 0. The second-order valence-electron chi connectivity index (χ2n) is 7.63. The molecule has 6 nitrogen and oxygen atoms in total. The molecule has 2 aromatic heterocycles. The molecular formula is C25H22N4O2S2. The van der Waals surface area contributed by atoms with E-state index >= 15 is 0 Å². The summed E-state index contributed by atoms with van der Waals surface area (Å²) in [5.41, 5.74) is 4.29. The van der Waals surface area contributed by atoms with Crippen LogP contribution in [0, 0.1) is 6.92 Å². The van der Waals surface area contributed by atoms with Crippen LogP contribution in [0.2, 0.25) is 0 Å². The number of methoxy groups -OCH3 is 1. The summed E-state index contributed by atoms with van der Waals surface area (Å²) in [4.78, 5) is 12.7. The Morgan fingerprint density at radius 1 is 0.970 bits per heavy atom. The second kappa shape index (κ2) is 9.25. The predicted octanol–water partition coefficient (Wildman–Crippen LogP) is 5.30. The Labute approximate surface area is 199 Å². The van der Waals surface area contributed by atoms with E-state index in [-0.39, 0.29) is 4.87 Å². The van der Waals surface area contributed by atoms with Gasteiger partial charge in [-0.2, -0.15) is 0 Å². The number of fused-ring (bicyclic) bond motifs is 1. The first-order valence-electron chi connectivity index (χ1n) is 10.5. The Bertz CT molecular complexity index is 1450. The molecule has 0 aliphatic carbocycles. The molecule has 0 saturated carbocycles. The van der Waals surface area contributed by atoms with Crippen LogP contribution in [0.15, 0.2) is 82.7 Å². The minimum Gasteiger partial charge on any atom is -0.497 e. The molecule has 5 rings (SSSR count). The molecule has 0 radical (unpaired) electrons. The van der Waals surface area contributed by atoms with Crippen LogP contribution in [0.1, 0.15) is 17.0 Å². The van der Waals surface area contributed by atoms with Crippen LogP contribution in [-0.4, -0.2) is 26.4 Å². The van der Waals surface area contributed by atoms with Gasteiger partial charge >= 0.3 is 4.87 Å². The number of aromatic nitrogens is 4. The summed E-state index contributed by atoms with van der Waals surface area (Å²) in [7, 11) is 1.65. The number of nitrogens with zero attached hydrogens (tertiary/aromatic N) is 4. The Hall–Kier alpha value is -3.36. The van der Waals surface area contributed by atoms with Gasteiger partial charge in [-0.1, -0.05) is 65.1 Å². The third-order valence-corrected chi connectivity index (χ3v) is 7.35. The van der Waals surface area contributed by atoms with Crippen molar-refractivity contribution in [3.8, 4) is 11.4 Å². The predicted molar refractivity (Wildman–Crippen MR) is 134 cm³/mol. The molecule has 3 aromatic carbocycles. The van der Waals surface area contributed by atoms with Gasteiger partial charge in [0.05, 0.1) is 23.9 Å². The van der Waals surface area contributed by atoms with Crippen LogP contribution in [0.4, 0.5) is 0 Å². The standard InChI is InChI=1S/C25H22N4O2S2/c1-17-7-9-18(10-8-17)16-32-24-27-26-23(29(24)19-11-13-20(31-2)14-12-19)15-28-21-5-3-4-6-22(21)33-25(28)30/h3-14H,15-16H2,1-2H3. The molecule has 0 atom stereocenters. The zero-order valence-corrected chi connectivity index (χ0v) is 19.9. The minimum absolute atomic E-state index is 0.00524. The van der Waals surface area contributed by atoms with Crippen LogP contribution in [0.25, 0.3) is 15.9 Å². The van der Waals surface area contributed by atoms with Gasteiger partial charge in [0.2, 0.25) is 0 Å². The quantitative estimate of drug-likeness (QED) is 0.300. The van der Waals surface area contributed by atoms with Crippen LogP contribution in [-0.2, 0) is 12.3 Å². The largest absolute Gasteiger partial charge is 0.497 e. The first-order chi connectivity index (χ1) is 16.1. The van der Waals surface area contributed by atoms with Crippen molar-refractivity contribution in [2.75, 3.05) is 7.11 Å². The Morgan fingerprint density at radius 3 is 2.48 bits per heavy atom. The molecule has 0 amide bonds. The van der Waals surface area contributed by atoms with Gasteiger partial charge in [-0.15, -0.1) is 10.2 Å². The molecule has 0 aliphatic rings. The van der Waals surface area contributed by atoms with E-state index in [4.69, 9.17) is 4.74 Å². The van der Waals surface area contributed by atoms with Crippen molar-refractivity contribution in [1.82, 2.24) is 19.3 Å². The third-order valence-electron chi connectivity index (χ3n) is 5.39. The highest BCUT2D eigenvalue weighted by molar-refractivity contribution is 7.98. The fourth-order valence-electron chi connectivity index (χ4n) is 3.62. The molecule has 0 saturated heterocycles. The molecular weight excluding hydrogens is 452 g/mol. The van der Waals surface area contributed by atoms with Gasteiger partial charge in [0.1, 0.15) is 5.75 Å². The van der Waals surface area contributed by atoms with Crippen molar-refractivity contribution in [3.05, 3.63) is 99.4 Å². The molecule has 5 aromatic rings. The number of ether oxygens (including phenoxy) is 1. The highest BCUT2D eigenvalue weighted by atomic mass is 32.2. The van der Waals surface area contributed by atoms with E-state index in [1.807, 2.05) is 53.1 Å². The smallest absolute Gasteiger partial charge is 0.308 e. The van der Waals surface area contributed by atoms with Gasteiger partial charge in [0.25, 0.3) is 0 Å². The fourth-order valence-corrected chi connectivity index (χ4v) is 5.44. The maximum Gasteiger partial charge on any atom is 0.308 e. The Balaban J connectivity index is 1.53. The second-order valence-corrected chi connectivity index (χ2v) is 9.56. The van der Waals surface area contributed by atoms with Crippen molar-refractivity contribution in [1.29, 1.82) is 0 Å². The molecule has 0 spiro atoms. The molecule has 0 fully saturated rings. The monoisotopic (exact) mass is 474 g/mol. The molecule has 0 unspecified atom stereocenters. The highest BCUT2D eigenvalue weighted by Gasteiger charge is 2.17. The molecule has 8 heteroatoms. The summed E-state index contributed by atoms with van der Waals surface area (Å²) >= 11 is 2.87. The van der Waals surface area contributed by atoms with Gasteiger partial charge in [0, 0.05) is 11.4 Å². The van der Waals surface area contributed by atoms with Crippen molar-refractivity contribution < 1.29 is 4.74 Å². The van der Waals surface area contributed by atoms with Crippen molar-refractivity contribution in [2.45, 2.75) is 24.4 Å². The number of thioether (sulfide) groups is 1.